The van der Waals surface area contributed by atoms with Gasteiger partial charge in [0.1, 0.15) is 6.33 Å². The minimum atomic E-state index is -0.136. The SMILES string of the molecule is Cl.N#Cc1ccc(N2CCN([C@H]3C=C(c4cc5ncncc5c(=O)[nH]4)CC3)CC2)cc1. The van der Waals surface area contributed by atoms with E-state index in [0.29, 0.717) is 22.5 Å². The fourth-order valence-corrected chi connectivity index (χ4v) is 4.44. The number of nitrogens with one attached hydrogen (secondary N) is 1. The molecule has 5 rings (SSSR count). The van der Waals surface area contributed by atoms with Crippen LogP contribution in [-0.4, -0.2) is 52.1 Å². The first-order valence-corrected chi connectivity index (χ1v) is 10.2. The lowest BCUT2D eigenvalue weighted by Crippen LogP contribution is -2.49. The number of hydrogen-bond acceptors (Lipinski definition) is 6. The van der Waals surface area contributed by atoms with Crippen LogP contribution in [-0.2, 0) is 0 Å². The van der Waals surface area contributed by atoms with Crippen molar-refractivity contribution < 1.29 is 0 Å². The average Bonchev–Trinajstić information content (AvgIpc) is 3.30. The third-order valence-electron chi connectivity index (χ3n) is 6.11. The van der Waals surface area contributed by atoms with Crippen LogP contribution in [0.4, 0.5) is 5.69 Å². The standard InChI is InChI=1S/C23H22N6O.ClH/c24-13-16-1-4-18(5-2-16)28-7-9-29(10-8-28)19-6-3-17(11-19)21-12-22-20(23(30)27-21)14-25-15-26-22;/h1-2,4-5,11-12,14-15,19H,3,6-10H2,(H,27,30);1H/t19-;/m1./s1. The summed E-state index contributed by atoms with van der Waals surface area (Å²) in [5.74, 6) is 0. The first-order chi connectivity index (χ1) is 14.7. The predicted molar refractivity (Wildman–Crippen MR) is 123 cm³/mol. The second kappa shape index (κ2) is 8.88. The molecule has 158 valence electrons. The van der Waals surface area contributed by atoms with Crippen molar-refractivity contribution >= 4 is 34.6 Å². The summed E-state index contributed by atoms with van der Waals surface area (Å²) >= 11 is 0. The molecule has 2 aromatic heterocycles. The quantitative estimate of drug-likeness (QED) is 0.681. The van der Waals surface area contributed by atoms with Gasteiger partial charge in [-0.15, -0.1) is 12.4 Å². The van der Waals surface area contributed by atoms with E-state index in [0.717, 1.165) is 44.7 Å². The van der Waals surface area contributed by atoms with Gasteiger partial charge >= 0.3 is 0 Å². The molecule has 1 N–H and O–H groups in total. The smallest absolute Gasteiger partial charge is 0.259 e. The molecule has 1 aliphatic heterocycles. The van der Waals surface area contributed by atoms with E-state index in [9.17, 15) is 4.79 Å². The Hall–Kier alpha value is -3.21. The molecule has 1 aliphatic carbocycles. The molecular weight excluding hydrogens is 412 g/mol. The van der Waals surface area contributed by atoms with Gasteiger partial charge in [-0.25, -0.2) is 9.97 Å². The second-order valence-electron chi connectivity index (χ2n) is 7.81. The summed E-state index contributed by atoms with van der Waals surface area (Å²) in [4.78, 5) is 28.4. The van der Waals surface area contributed by atoms with E-state index in [1.54, 1.807) is 6.20 Å². The summed E-state index contributed by atoms with van der Waals surface area (Å²) in [6, 6.07) is 12.3. The maximum atomic E-state index is 12.4. The zero-order valence-electron chi connectivity index (χ0n) is 17.0. The molecule has 0 spiro atoms. The number of rotatable bonds is 3. The number of aromatic nitrogens is 3. The lowest BCUT2D eigenvalue weighted by Gasteiger charge is -2.38. The highest BCUT2D eigenvalue weighted by Crippen LogP contribution is 2.31. The highest BCUT2D eigenvalue weighted by Gasteiger charge is 2.27. The largest absolute Gasteiger partial charge is 0.369 e. The van der Waals surface area contributed by atoms with Crippen molar-refractivity contribution in [1.29, 1.82) is 5.26 Å². The Morgan fingerprint density at radius 3 is 2.65 bits per heavy atom. The highest BCUT2D eigenvalue weighted by molar-refractivity contribution is 5.85. The Bertz CT molecular complexity index is 1210. The second-order valence-corrected chi connectivity index (χ2v) is 7.81. The maximum Gasteiger partial charge on any atom is 0.259 e. The van der Waals surface area contributed by atoms with E-state index in [-0.39, 0.29) is 18.0 Å². The zero-order valence-corrected chi connectivity index (χ0v) is 17.8. The van der Waals surface area contributed by atoms with Crippen LogP contribution in [0.25, 0.3) is 16.5 Å². The van der Waals surface area contributed by atoms with E-state index in [1.807, 2.05) is 30.3 Å². The number of allylic oxidation sites excluding steroid dienone is 1. The number of nitrogens with zero attached hydrogens (tertiary/aromatic N) is 5. The van der Waals surface area contributed by atoms with Crippen LogP contribution in [0, 0.1) is 11.3 Å². The number of fused-ring (bicyclic) bond motifs is 1. The molecule has 0 saturated carbocycles. The molecule has 31 heavy (non-hydrogen) atoms. The maximum absolute atomic E-state index is 12.4. The van der Waals surface area contributed by atoms with Gasteiger partial charge in [0.2, 0.25) is 0 Å². The van der Waals surface area contributed by atoms with Gasteiger partial charge in [-0.1, -0.05) is 6.08 Å². The molecule has 0 bridgehead atoms. The fraction of sp³-hybridized carbons (Fsp3) is 0.304. The van der Waals surface area contributed by atoms with Crippen molar-refractivity contribution in [2.75, 3.05) is 31.1 Å². The number of piperazine rings is 1. The number of anilines is 1. The predicted octanol–water partition coefficient (Wildman–Crippen LogP) is 2.98. The van der Waals surface area contributed by atoms with E-state index >= 15 is 0 Å². The number of H-pyrrole nitrogens is 1. The van der Waals surface area contributed by atoms with E-state index in [2.05, 4.69) is 36.9 Å². The van der Waals surface area contributed by atoms with Crippen LogP contribution in [0.2, 0.25) is 0 Å². The van der Waals surface area contributed by atoms with Crippen molar-refractivity contribution in [3.05, 3.63) is 70.5 Å². The Morgan fingerprint density at radius 1 is 1.13 bits per heavy atom. The monoisotopic (exact) mass is 434 g/mol. The summed E-state index contributed by atoms with van der Waals surface area (Å²) < 4.78 is 0. The normalized spacial score (nSPS) is 19.0. The summed E-state index contributed by atoms with van der Waals surface area (Å²) in [6.07, 6.45) is 7.35. The van der Waals surface area contributed by atoms with Crippen molar-refractivity contribution in [2.24, 2.45) is 0 Å². The van der Waals surface area contributed by atoms with Crippen molar-refractivity contribution in [1.82, 2.24) is 19.9 Å². The Balaban J connectivity index is 0.00000231. The minimum absolute atomic E-state index is 0. The summed E-state index contributed by atoms with van der Waals surface area (Å²) in [5, 5.41) is 9.49. The molecule has 1 aromatic carbocycles. The Kier molecular flexibility index (Phi) is 6.03. The third-order valence-corrected chi connectivity index (χ3v) is 6.11. The van der Waals surface area contributed by atoms with Gasteiger partial charge in [0.25, 0.3) is 5.56 Å². The summed E-state index contributed by atoms with van der Waals surface area (Å²) in [6.45, 7) is 3.93. The summed E-state index contributed by atoms with van der Waals surface area (Å²) in [5.41, 5.74) is 4.47. The first kappa shape index (κ1) is 21.0. The molecule has 1 saturated heterocycles. The number of hydrogen-bond donors (Lipinski definition) is 1. The third kappa shape index (κ3) is 4.18. The van der Waals surface area contributed by atoms with Crippen molar-refractivity contribution in [3.8, 4) is 6.07 Å². The molecule has 3 aromatic rings. The van der Waals surface area contributed by atoms with Crippen LogP contribution >= 0.6 is 12.4 Å². The lowest BCUT2D eigenvalue weighted by molar-refractivity contribution is 0.214. The molecule has 1 atom stereocenters. The number of halogens is 1. The van der Waals surface area contributed by atoms with Crippen LogP contribution < -0.4 is 10.5 Å². The molecule has 8 heteroatoms. The molecule has 2 aliphatic rings. The fourth-order valence-electron chi connectivity index (χ4n) is 4.44. The van der Waals surface area contributed by atoms with Crippen molar-refractivity contribution in [3.63, 3.8) is 0 Å². The number of benzene rings is 1. The van der Waals surface area contributed by atoms with E-state index < -0.39 is 0 Å². The Labute approximate surface area is 186 Å². The van der Waals surface area contributed by atoms with Crippen LogP contribution in [0.5, 0.6) is 0 Å². The van der Waals surface area contributed by atoms with Gasteiger partial charge in [-0.05, 0) is 48.7 Å². The summed E-state index contributed by atoms with van der Waals surface area (Å²) in [7, 11) is 0. The van der Waals surface area contributed by atoms with Gasteiger partial charge in [-0.3, -0.25) is 9.69 Å². The molecular formula is C23H23ClN6O. The molecule has 1 fully saturated rings. The highest BCUT2D eigenvalue weighted by atomic mass is 35.5. The van der Waals surface area contributed by atoms with Crippen molar-refractivity contribution in [2.45, 2.75) is 18.9 Å². The molecule has 7 nitrogen and oxygen atoms in total. The Morgan fingerprint density at radius 2 is 1.90 bits per heavy atom. The van der Waals surface area contributed by atoms with Crippen LogP contribution in [0.3, 0.4) is 0 Å². The topological polar surface area (TPSA) is 88.9 Å². The molecule has 3 heterocycles. The van der Waals surface area contributed by atoms with E-state index in [1.165, 1.54) is 17.6 Å². The van der Waals surface area contributed by atoms with Gasteiger partial charge in [0.05, 0.1) is 22.5 Å². The molecule has 0 amide bonds. The minimum Gasteiger partial charge on any atom is -0.369 e. The lowest BCUT2D eigenvalue weighted by atomic mass is 10.1. The van der Waals surface area contributed by atoms with E-state index in [4.69, 9.17) is 5.26 Å². The first-order valence-electron chi connectivity index (χ1n) is 10.2. The number of pyridine rings is 1. The zero-order chi connectivity index (χ0) is 20.5. The molecule has 0 unspecified atom stereocenters. The van der Waals surface area contributed by atoms with Gasteiger partial charge < -0.3 is 9.88 Å². The number of aromatic amines is 1. The van der Waals surface area contributed by atoms with Gasteiger partial charge in [0, 0.05) is 49.8 Å². The van der Waals surface area contributed by atoms with Crippen LogP contribution in [0.15, 0.2) is 53.7 Å². The average molecular weight is 435 g/mol. The van der Waals surface area contributed by atoms with Gasteiger partial charge in [0.15, 0.2) is 0 Å². The van der Waals surface area contributed by atoms with Crippen LogP contribution in [0.1, 0.15) is 24.1 Å². The molecule has 0 radical (unpaired) electrons. The number of nitriles is 1. The van der Waals surface area contributed by atoms with Gasteiger partial charge in [-0.2, -0.15) is 5.26 Å².